The highest BCUT2D eigenvalue weighted by molar-refractivity contribution is 5.91. The molecule has 0 aliphatic carbocycles. The lowest BCUT2D eigenvalue weighted by atomic mass is 10.2. The maximum Gasteiger partial charge on any atom is 0.280 e. The molecule has 2 N–H and O–H groups in total. The van der Waals surface area contributed by atoms with Gasteiger partial charge in [0.1, 0.15) is 31.1 Å². The molecule has 0 saturated carbocycles. The Kier molecular flexibility index (Phi) is 5.20. The summed E-state index contributed by atoms with van der Waals surface area (Å²) < 4.78 is 7.52. The molecule has 1 saturated heterocycles. The summed E-state index contributed by atoms with van der Waals surface area (Å²) in [6.45, 7) is 10.2. The quantitative estimate of drug-likeness (QED) is 0.875. The Hall–Kier alpha value is -2.18. The van der Waals surface area contributed by atoms with Crippen LogP contribution in [0.15, 0.2) is 30.3 Å². The standard InChI is InChI=1S/C19H26N4O2/c1-13-5-7-17(8-6-13)23-18(9-14(2)21-23)20-19(24)12-22-10-15(3)25-16(4)11-22/h5-9,15-16H,10-12H2,1-4H3,(H,20,24)/p+1/t15-,16-/m0/s1. The fourth-order valence-electron chi connectivity index (χ4n) is 3.42. The molecule has 3 rings (SSSR count). The SMILES string of the molecule is Cc1ccc(-n2nc(C)cc2NC(=O)C[NH+]2C[C@H](C)O[C@@H](C)C2)cc1. The van der Waals surface area contributed by atoms with Crippen molar-refractivity contribution in [1.29, 1.82) is 0 Å². The number of ether oxygens (including phenoxy) is 1. The van der Waals surface area contributed by atoms with Gasteiger partial charge in [-0.1, -0.05) is 17.7 Å². The first-order valence-electron chi connectivity index (χ1n) is 8.83. The van der Waals surface area contributed by atoms with Gasteiger partial charge in [0.15, 0.2) is 6.54 Å². The molecule has 2 atom stereocenters. The summed E-state index contributed by atoms with van der Waals surface area (Å²) in [6.07, 6.45) is 0.374. The Morgan fingerprint density at radius 2 is 1.88 bits per heavy atom. The van der Waals surface area contributed by atoms with Gasteiger partial charge in [-0.3, -0.25) is 4.79 Å². The molecular formula is C19H27N4O2+. The monoisotopic (exact) mass is 343 g/mol. The van der Waals surface area contributed by atoms with Gasteiger partial charge < -0.3 is 15.0 Å². The first kappa shape index (κ1) is 17.6. The normalized spacial score (nSPS) is 23.4. The van der Waals surface area contributed by atoms with Crippen LogP contribution in [-0.2, 0) is 9.53 Å². The second kappa shape index (κ2) is 7.37. The molecule has 0 spiro atoms. The van der Waals surface area contributed by atoms with Gasteiger partial charge in [-0.15, -0.1) is 0 Å². The molecule has 1 aliphatic heterocycles. The highest BCUT2D eigenvalue weighted by Crippen LogP contribution is 2.17. The largest absolute Gasteiger partial charge is 0.364 e. The number of aryl methyl sites for hydroxylation is 2. The number of hydrogen-bond donors (Lipinski definition) is 2. The minimum absolute atomic E-state index is 0.00422. The Balaban J connectivity index is 1.70. The molecular weight excluding hydrogens is 316 g/mol. The number of carbonyl (C=O) groups is 1. The first-order chi connectivity index (χ1) is 11.9. The number of aromatic nitrogens is 2. The van der Waals surface area contributed by atoms with E-state index in [0.29, 0.717) is 12.4 Å². The van der Waals surface area contributed by atoms with E-state index in [1.807, 2.05) is 44.2 Å². The van der Waals surface area contributed by atoms with E-state index in [2.05, 4.69) is 24.3 Å². The van der Waals surface area contributed by atoms with Gasteiger partial charge >= 0.3 is 0 Å². The Morgan fingerprint density at radius 3 is 2.52 bits per heavy atom. The third-order valence-corrected chi connectivity index (χ3v) is 4.40. The molecule has 0 radical (unpaired) electrons. The van der Waals surface area contributed by atoms with E-state index in [4.69, 9.17) is 4.74 Å². The van der Waals surface area contributed by atoms with E-state index in [9.17, 15) is 4.79 Å². The second-order valence-electron chi connectivity index (χ2n) is 7.06. The molecule has 2 aromatic rings. The predicted molar refractivity (Wildman–Crippen MR) is 97.2 cm³/mol. The number of nitrogens with one attached hydrogen (secondary N) is 2. The number of hydrogen-bond acceptors (Lipinski definition) is 3. The van der Waals surface area contributed by atoms with Crippen molar-refractivity contribution in [2.24, 2.45) is 0 Å². The number of amides is 1. The van der Waals surface area contributed by atoms with Gasteiger partial charge in [0.25, 0.3) is 5.91 Å². The van der Waals surface area contributed by atoms with Crippen LogP contribution in [0.25, 0.3) is 5.69 Å². The van der Waals surface area contributed by atoms with E-state index in [1.165, 1.54) is 10.5 Å². The van der Waals surface area contributed by atoms with Crippen molar-refractivity contribution in [2.45, 2.75) is 39.9 Å². The van der Waals surface area contributed by atoms with Crippen molar-refractivity contribution in [3.8, 4) is 5.69 Å². The lowest BCUT2D eigenvalue weighted by Gasteiger charge is -2.31. The third kappa shape index (κ3) is 4.46. The Labute approximate surface area is 148 Å². The van der Waals surface area contributed by atoms with Crippen LogP contribution in [0.4, 0.5) is 5.82 Å². The fraction of sp³-hybridized carbons (Fsp3) is 0.474. The average Bonchev–Trinajstić information content (AvgIpc) is 2.87. The zero-order chi connectivity index (χ0) is 18.0. The number of nitrogens with zero attached hydrogens (tertiary/aromatic N) is 2. The summed E-state index contributed by atoms with van der Waals surface area (Å²) >= 11 is 0. The van der Waals surface area contributed by atoms with Crippen LogP contribution in [0.2, 0.25) is 0 Å². The van der Waals surface area contributed by atoms with E-state index in [1.54, 1.807) is 4.68 Å². The van der Waals surface area contributed by atoms with Gasteiger partial charge in [-0.05, 0) is 39.8 Å². The Morgan fingerprint density at radius 1 is 1.24 bits per heavy atom. The smallest absolute Gasteiger partial charge is 0.280 e. The van der Waals surface area contributed by atoms with Crippen LogP contribution in [-0.4, -0.2) is 47.5 Å². The minimum Gasteiger partial charge on any atom is -0.364 e. The van der Waals surface area contributed by atoms with E-state index >= 15 is 0 Å². The summed E-state index contributed by atoms with van der Waals surface area (Å²) in [4.78, 5) is 13.8. The van der Waals surface area contributed by atoms with Crippen molar-refractivity contribution < 1.29 is 14.4 Å². The maximum absolute atomic E-state index is 12.5. The fourth-order valence-corrected chi connectivity index (χ4v) is 3.42. The number of benzene rings is 1. The molecule has 1 amide bonds. The van der Waals surface area contributed by atoms with Crippen molar-refractivity contribution in [1.82, 2.24) is 9.78 Å². The van der Waals surface area contributed by atoms with Crippen molar-refractivity contribution in [2.75, 3.05) is 25.0 Å². The molecule has 1 aliphatic rings. The van der Waals surface area contributed by atoms with Crippen LogP contribution >= 0.6 is 0 Å². The molecule has 6 nitrogen and oxygen atoms in total. The van der Waals surface area contributed by atoms with Gasteiger partial charge in [0.05, 0.1) is 11.4 Å². The van der Waals surface area contributed by atoms with Gasteiger partial charge in [0.2, 0.25) is 0 Å². The molecule has 2 heterocycles. The zero-order valence-electron chi connectivity index (χ0n) is 15.4. The first-order valence-corrected chi connectivity index (χ1v) is 8.83. The van der Waals surface area contributed by atoms with Crippen LogP contribution in [0.3, 0.4) is 0 Å². The number of morpholine rings is 1. The summed E-state index contributed by atoms with van der Waals surface area (Å²) in [5.41, 5.74) is 3.00. The number of quaternary nitrogens is 1. The van der Waals surface area contributed by atoms with Gasteiger partial charge in [0, 0.05) is 6.07 Å². The van der Waals surface area contributed by atoms with Crippen LogP contribution in [0.1, 0.15) is 25.1 Å². The van der Waals surface area contributed by atoms with Gasteiger partial charge in [-0.2, -0.15) is 5.10 Å². The molecule has 6 heteroatoms. The molecule has 0 bridgehead atoms. The summed E-state index contributed by atoms with van der Waals surface area (Å²) in [5.74, 6) is 0.713. The average molecular weight is 343 g/mol. The minimum atomic E-state index is 0.00422. The molecule has 134 valence electrons. The van der Waals surface area contributed by atoms with Crippen LogP contribution < -0.4 is 10.2 Å². The summed E-state index contributed by atoms with van der Waals surface area (Å²) in [6, 6.07) is 10.00. The van der Waals surface area contributed by atoms with E-state index in [0.717, 1.165) is 24.5 Å². The lowest BCUT2D eigenvalue weighted by Crippen LogP contribution is -3.16. The maximum atomic E-state index is 12.5. The molecule has 25 heavy (non-hydrogen) atoms. The van der Waals surface area contributed by atoms with Crippen molar-refractivity contribution in [3.63, 3.8) is 0 Å². The molecule has 1 aromatic heterocycles. The molecule has 1 aromatic carbocycles. The second-order valence-corrected chi connectivity index (χ2v) is 7.06. The number of carbonyl (C=O) groups excluding carboxylic acids is 1. The lowest BCUT2D eigenvalue weighted by molar-refractivity contribution is -0.907. The highest BCUT2D eigenvalue weighted by Gasteiger charge is 2.27. The van der Waals surface area contributed by atoms with E-state index in [-0.39, 0.29) is 18.1 Å². The third-order valence-electron chi connectivity index (χ3n) is 4.40. The zero-order valence-corrected chi connectivity index (χ0v) is 15.4. The Bertz CT molecular complexity index is 728. The molecule has 1 fully saturated rings. The summed E-state index contributed by atoms with van der Waals surface area (Å²) in [7, 11) is 0. The topological polar surface area (TPSA) is 60.6 Å². The van der Waals surface area contributed by atoms with Crippen LogP contribution in [0, 0.1) is 13.8 Å². The van der Waals surface area contributed by atoms with E-state index < -0.39 is 0 Å². The summed E-state index contributed by atoms with van der Waals surface area (Å²) in [5, 5.41) is 7.53. The molecule has 0 unspecified atom stereocenters. The van der Waals surface area contributed by atoms with Crippen LogP contribution in [0.5, 0.6) is 0 Å². The number of anilines is 1. The van der Waals surface area contributed by atoms with Crippen molar-refractivity contribution in [3.05, 3.63) is 41.6 Å². The number of rotatable bonds is 4. The highest BCUT2D eigenvalue weighted by atomic mass is 16.5. The predicted octanol–water partition coefficient (Wildman–Crippen LogP) is 1.12. The van der Waals surface area contributed by atoms with Gasteiger partial charge in [-0.25, -0.2) is 4.68 Å². The van der Waals surface area contributed by atoms with Crippen molar-refractivity contribution >= 4 is 11.7 Å².